The number of benzene rings is 2. The molecule has 4 nitrogen and oxygen atoms in total. The van der Waals surface area contributed by atoms with Crippen molar-refractivity contribution in [3.05, 3.63) is 58.7 Å². The first-order valence-electron chi connectivity index (χ1n) is 8.61. The second-order valence-corrected chi connectivity index (χ2v) is 6.60. The van der Waals surface area contributed by atoms with Crippen molar-refractivity contribution in [1.82, 2.24) is 4.90 Å². The molecule has 2 aromatic rings. The van der Waals surface area contributed by atoms with Crippen molar-refractivity contribution in [2.45, 2.75) is 27.7 Å². The molecule has 1 aliphatic rings. The fourth-order valence-electron chi connectivity index (χ4n) is 3.00. The maximum atomic E-state index is 5.90. The number of aryl methyl sites for hydroxylation is 4. The number of para-hydroxylation sites is 2. The van der Waals surface area contributed by atoms with Crippen LogP contribution in [0, 0.1) is 27.7 Å². The molecule has 1 aliphatic heterocycles. The Labute approximate surface area is 149 Å². The third-order valence-corrected chi connectivity index (χ3v) is 4.53. The molecule has 0 spiro atoms. The summed E-state index contributed by atoms with van der Waals surface area (Å²) >= 11 is 0. The molecule has 0 N–H and O–H groups in total. The van der Waals surface area contributed by atoms with Gasteiger partial charge in [0.2, 0.25) is 0 Å². The Morgan fingerprint density at radius 1 is 0.800 bits per heavy atom. The van der Waals surface area contributed by atoms with Gasteiger partial charge in [0.25, 0.3) is 5.90 Å². The van der Waals surface area contributed by atoms with Gasteiger partial charge in [-0.25, -0.2) is 9.98 Å². The number of amidine groups is 1. The first-order valence-corrected chi connectivity index (χ1v) is 8.61. The van der Waals surface area contributed by atoms with Crippen LogP contribution in [0.15, 0.2) is 46.4 Å². The molecule has 4 heteroatoms. The SMILES string of the molecule is Cc1cccc(C)c1/N=C1/C(=N\c2c(C)cccc2C)OCCN1C. The summed E-state index contributed by atoms with van der Waals surface area (Å²) in [5, 5.41) is 0. The van der Waals surface area contributed by atoms with Crippen LogP contribution in [-0.2, 0) is 4.74 Å². The third-order valence-electron chi connectivity index (χ3n) is 4.53. The van der Waals surface area contributed by atoms with Crippen molar-refractivity contribution in [1.29, 1.82) is 0 Å². The van der Waals surface area contributed by atoms with Crippen LogP contribution in [0.1, 0.15) is 22.3 Å². The average Bonchev–Trinajstić information content (AvgIpc) is 2.56. The van der Waals surface area contributed by atoms with Crippen LogP contribution in [0.3, 0.4) is 0 Å². The molecule has 0 aromatic heterocycles. The topological polar surface area (TPSA) is 37.2 Å². The Bertz CT molecular complexity index is 812. The number of morpholine rings is 1. The lowest BCUT2D eigenvalue weighted by atomic mass is 10.1. The number of rotatable bonds is 2. The Hall–Kier alpha value is -2.62. The Morgan fingerprint density at radius 3 is 1.80 bits per heavy atom. The molecule has 3 rings (SSSR count). The van der Waals surface area contributed by atoms with Crippen molar-refractivity contribution in [2.24, 2.45) is 9.98 Å². The minimum Gasteiger partial charge on any atom is -0.473 e. The first kappa shape index (κ1) is 17.2. The Morgan fingerprint density at radius 2 is 1.28 bits per heavy atom. The van der Waals surface area contributed by atoms with Crippen LogP contribution in [0.25, 0.3) is 0 Å². The summed E-state index contributed by atoms with van der Waals surface area (Å²) in [6.45, 7) is 9.72. The highest BCUT2D eigenvalue weighted by Crippen LogP contribution is 2.27. The van der Waals surface area contributed by atoms with Gasteiger partial charge >= 0.3 is 0 Å². The van der Waals surface area contributed by atoms with Gasteiger partial charge in [0.05, 0.1) is 17.9 Å². The number of hydrogen-bond acceptors (Lipinski definition) is 3. The predicted molar refractivity (Wildman–Crippen MR) is 105 cm³/mol. The number of ether oxygens (including phenoxy) is 1. The Balaban J connectivity index is 2.12. The van der Waals surface area contributed by atoms with Gasteiger partial charge in [-0.1, -0.05) is 36.4 Å². The van der Waals surface area contributed by atoms with Gasteiger partial charge < -0.3 is 9.64 Å². The van der Waals surface area contributed by atoms with Crippen LogP contribution in [0.2, 0.25) is 0 Å². The van der Waals surface area contributed by atoms with Crippen molar-refractivity contribution >= 4 is 23.1 Å². The fraction of sp³-hybridized carbons (Fsp3) is 0.333. The van der Waals surface area contributed by atoms with E-state index in [4.69, 9.17) is 14.7 Å². The zero-order chi connectivity index (χ0) is 18.0. The molecule has 0 radical (unpaired) electrons. The van der Waals surface area contributed by atoms with Crippen molar-refractivity contribution in [2.75, 3.05) is 20.2 Å². The normalized spacial score (nSPS) is 17.9. The minimum absolute atomic E-state index is 0.591. The summed E-state index contributed by atoms with van der Waals surface area (Å²) in [7, 11) is 2.04. The summed E-state index contributed by atoms with van der Waals surface area (Å²) in [6.07, 6.45) is 0. The molecule has 0 unspecified atom stereocenters. The van der Waals surface area contributed by atoms with Gasteiger partial charge in [0.1, 0.15) is 6.61 Å². The van der Waals surface area contributed by atoms with E-state index in [0.29, 0.717) is 12.5 Å². The maximum Gasteiger partial charge on any atom is 0.258 e. The molecule has 25 heavy (non-hydrogen) atoms. The van der Waals surface area contributed by atoms with E-state index in [9.17, 15) is 0 Å². The Kier molecular flexibility index (Phi) is 4.88. The molecule has 1 saturated heterocycles. The van der Waals surface area contributed by atoms with E-state index in [1.807, 2.05) is 13.1 Å². The highest BCUT2D eigenvalue weighted by Gasteiger charge is 2.23. The van der Waals surface area contributed by atoms with Crippen LogP contribution in [0.5, 0.6) is 0 Å². The third kappa shape index (κ3) is 3.58. The van der Waals surface area contributed by atoms with E-state index in [-0.39, 0.29) is 0 Å². The molecular weight excluding hydrogens is 310 g/mol. The zero-order valence-electron chi connectivity index (χ0n) is 15.6. The zero-order valence-corrected chi connectivity index (χ0v) is 15.6. The number of nitrogens with zero attached hydrogens (tertiary/aromatic N) is 3. The summed E-state index contributed by atoms with van der Waals surface area (Å²) in [6, 6.07) is 12.4. The lowest BCUT2D eigenvalue weighted by Crippen LogP contribution is -2.42. The molecular formula is C21H25N3O. The van der Waals surface area contributed by atoms with Crippen LogP contribution < -0.4 is 0 Å². The number of hydrogen-bond donors (Lipinski definition) is 0. The van der Waals surface area contributed by atoms with Crippen LogP contribution in [0.4, 0.5) is 11.4 Å². The summed E-state index contributed by atoms with van der Waals surface area (Å²) in [4.78, 5) is 11.9. The van der Waals surface area contributed by atoms with E-state index < -0.39 is 0 Å². The second kappa shape index (κ2) is 7.09. The van der Waals surface area contributed by atoms with Gasteiger partial charge in [0, 0.05) is 7.05 Å². The van der Waals surface area contributed by atoms with E-state index in [0.717, 1.165) is 46.0 Å². The van der Waals surface area contributed by atoms with Crippen LogP contribution >= 0.6 is 0 Å². The highest BCUT2D eigenvalue weighted by molar-refractivity contribution is 6.39. The molecule has 0 aliphatic carbocycles. The molecule has 0 amide bonds. The predicted octanol–water partition coefficient (Wildman–Crippen LogP) is 4.64. The van der Waals surface area contributed by atoms with Crippen molar-refractivity contribution < 1.29 is 4.74 Å². The van der Waals surface area contributed by atoms with E-state index in [2.05, 4.69) is 62.9 Å². The average molecular weight is 335 g/mol. The maximum absolute atomic E-state index is 5.90. The lowest BCUT2D eigenvalue weighted by molar-refractivity contribution is 0.252. The first-order chi connectivity index (χ1) is 12.0. The fourth-order valence-corrected chi connectivity index (χ4v) is 3.00. The molecule has 2 aromatic carbocycles. The standard InChI is InChI=1S/C21H25N3O/c1-14-8-6-9-15(2)18(14)22-20-21(25-13-12-24(20)5)23-19-16(3)10-7-11-17(19)4/h6-11H,12-13H2,1-5H3/b22-20-,23-21+. The lowest BCUT2D eigenvalue weighted by Gasteiger charge is -2.28. The smallest absolute Gasteiger partial charge is 0.258 e. The highest BCUT2D eigenvalue weighted by atomic mass is 16.5. The molecule has 0 atom stereocenters. The number of likely N-dealkylation sites (N-methyl/N-ethyl adjacent to an activating group) is 1. The second-order valence-electron chi connectivity index (χ2n) is 6.60. The van der Waals surface area contributed by atoms with E-state index in [1.165, 1.54) is 0 Å². The molecule has 1 heterocycles. The molecule has 0 saturated carbocycles. The summed E-state index contributed by atoms with van der Waals surface area (Å²) in [5.74, 6) is 1.38. The van der Waals surface area contributed by atoms with E-state index >= 15 is 0 Å². The van der Waals surface area contributed by atoms with Gasteiger partial charge in [-0.15, -0.1) is 0 Å². The van der Waals surface area contributed by atoms with Crippen LogP contribution in [-0.4, -0.2) is 36.8 Å². The largest absolute Gasteiger partial charge is 0.473 e. The van der Waals surface area contributed by atoms with Gasteiger partial charge in [-0.2, -0.15) is 0 Å². The summed E-state index contributed by atoms with van der Waals surface area (Å²) in [5.41, 5.74) is 6.52. The number of aliphatic imine (C=N–C) groups is 2. The van der Waals surface area contributed by atoms with E-state index in [1.54, 1.807) is 0 Å². The monoisotopic (exact) mass is 335 g/mol. The summed E-state index contributed by atoms with van der Waals surface area (Å²) < 4.78 is 5.90. The van der Waals surface area contributed by atoms with Gasteiger partial charge in [-0.05, 0) is 49.9 Å². The quantitative estimate of drug-likeness (QED) is 0.801. The van der Waals surface area contributed by atoms with Gasteiger partial charge in [-0.3, -0.25) is 0 Å². The van der Waals surface area contributed by atoms with Crippen molar-refractivity contribution in [3.63, 3.8) is 0 Å². The molecule has 1 fully saturated rings. The molecule has 130 valence electrons. The minimum atomic E-state index is 0.591. The van der Waals surface area contributed by atoms with Gasteiger partial charge in [0.15, 0.2) is 5.84 Å². The van der Waals surface area contributed by atoms with Crippen molar-refractivity contribution in [3.8, 4) is 0 Å². The molecule has 0 bridgehead atoms.